The van der Waals surface area contributed by atoms with E-state index in [1.165, 1.54) is 37.7 Å². The molecule has 0 spiro atoms. The third kappa shape index (κ3) is 2.58. The molecule has 2 nitrogen and oxygen atoms in total. The number of benzene rings is 1. The van der Waals surface area contributed by atoms with Crippen LogP contribution in [0.3, 0.4) is 0 Å². The van der Waals surface area contributed by atoms with Gasteiger partial charge in [0, 0.05) is 0 Å². The highest BCUT2D eigenvalue weighted by Crippen LogP contribution is 2.33. The fraction of sp³-hybridized carbons (Fsp3) is 0.538. The van der Waals surface area contributed by atoms with Crippen molar-refractivity contribution in [3.05, 3.63) is 35.9 Å². The van der Waals surface area contributed by atoms with Crippen LogP contribution in [0.4, 0.5) is 0 Å². The van der Waals surface area contributed by atoms with Crippen molar-refractivity contribution in [2.45, 2.75) is 38.1 Å². The highest BCUT2D eigenvalue weighted by molar-refractivity contribution is 5.19. The zero-order valence-electron chi connectivity index (χ0n) is 9.02. The summed E-state index contributed by atoms with van der Waals surface area (Å²) >= 11 is 0. The zero-order valence-corrected chi connectivity index (χ0v) is 9.02. The van der Waals surface area contributed by atoms with E-state index in [1.807, 2.05) is 18.2 Å². The van der Waals surface area contributed by atoms with Crippen LogP contribution < -0.4 is 5.48 Å². The van der Waals surface area contributed by atoms with E-state index in [4.69, 9.17) is 0 Å². The van der Waals surface area contributed by atoms with Crippen LogP contribution in [-0.4, -0.2) is 5.21 Å². The molecule has 15 heavy (non-hydrogen) atoms. The molecule has 0 aromatic heterocycles. The molecular formula is C13H19NO. The lowest BCUT2D eigenvalue weighted by Crippen LogP contribution is -2.27. The molecule has 2 heteroatoms. The average Bonchev–Trinajstić information content (AvgIpc) is 2.33. The van der Waals surface area contributed by atoms with E-state index in [9.17, 15) is 5.21 Å². The van der Waals surface area contributed by atoms with Crippen molar-refractivity contribution in [3.8, 4) is 0 Å². The summed E-state index contributed by atoms with van der Waals surface area (Å²) in [4.78, 5) is 0. The number of hydroxylamine groups is 1. The highest BCUT2D eigenvalue weighted by atomic mass is 16.5. The molecule has 0 heterocycles. The molecular weight excluding hydrogens is 186 g/mol. The Bertz CT molecular complexity index is 280. The van der Waals surface area contributed by atoms with E-state index in [-0.39, 0.29) is 6.04 Å². The van der Waals surface area contributed by atoms with Crippen molar-refractivity contribution < 1.29 is 5.21 Å². The van der Waals surface area contributed by atoms with Crippen molar-refractivity contribution in [1.82, 2.24) is 5.48 Å². The minimum Gasteiger partial charge on any atom is -0.316 e. The van der Waals surface area contributed by atoms with Crippen LogP contribution in [0.1, 0.15) is 43.7 Å². The maximum atomic E-state index is 9.28. The molecule has 1 fully saturated rings. The second-order valence-corrected chi connectivity index (χ2v) is 4.42. The van der Waals surface area contributed by atoms with Crippen LogP contribution in [0.15, 0.2) is 30.3 Å². The van der Waals surface area contributed by atoms with Gasteiger partial charge in [-0.3, -0.25) is 0 Å². The fourth-order valence-corrected chi connectivity index (χ4v) is 2.58. The summed E-state index contributed by atoms with van der Waals surface area (Å²) in [5.41, 5.74) is 3.69. The molecule has 1 unspecified atom stereocenters. The van der Waals surface area contributed by atoms with Gasteiger partial charge in [0.05, 0.1) is 6.04 Å². The Labute approximate surface area is 91.3 Å². The Morgan fingerprint density at radius 2 is 1.73 bits per heavy atom. The van der Waals surface area contributed by atoms with Gasteiger partial charge in [0.25, 0.3) is 0 Å². The third-order valence-corrected chi connectivity index (χ3v) is 3.42. The van der Waals surface area contributed by atoms with E-state index in [1.54, 1.807) is 0 Å². The molecule has 0 saturated heterocycles. The van der Waals surface area contributed by atoms with Gasteiger partial charge in [0.1, 0.15) is 0 Å². The van der Waals surface area contributed by atoms with E-state index in [0.717, 1.165) is 0 Å². The van der Waals surface area contributed by atoms with Gasteiger partial charge < -0.3 is 5.21 Å². The lowest BCUT2D eigenvalue weighted by Gasteiger charge is -2.29. The Hall–Kier alpha value is -0.860. The fourth-order valence-electron chi connectivity index (χ4n) is 2.58. The van der Waals surface area contributed by atoms with Crippen molar-refractivity contribution in [2.24, 2.45) is 5.92 Å². The first-order valence-electron chi connectivity index (χ1n) is 5.86. The van der Waals surface area contributed by atoms with E-state index in [0.29, 0.717) is 5.92 Å². The average molecular weight is 205 g/mol. The maximum absolute atomic E-state index is 9.28. The van der Waals surface area contributed by atoms with Crippen LogP contribution in [0.25, 0.3) is 0 Å². The molecule has 0 bridgehead atoms. The molecule has 1 aromatic rings. The second kappa shape index (κ2) is 5.29. The maximum Gasteiger partial charge on any atom is 0.0597 e. The van der Waals surface area contributed by atoms with Gasteiger partial charge in [-0.15, -0.1) is 0 Å². The predicted molar refractivity (Wildman–Crippen MR) is 60.7 cm³/mol. The van der Waals surface area contributed by atoms with Crippen molar-refractivity contribution in [3.63, 3.8) is 0 Å². The van der Waals surface area contributed by atoms with Crippen molar-refractivity contribution >= 4 is 0 Å². The molecule has 0 aliphatic heterocycles. The van der Waals surface area contributed by atoms with Crippen molar-refractivity contribution in [2.75, 3.05) is 0 Å². The van der Waals surface area contributed by atoms with E-state index in [2.05, 4.69) is 17.6 Å². The van der Waals surface area contributed by atoms with Gasteiger partial charge in [-0.25, -0.2) is 0 Å². The van der Waals surface area contributed by atoms with Gasteiger partial charge in [0.2, 0.25) is 0 Å². The lowest BCUT2D eigenvalue weighted by atomic mass is 9.81. The van der Waals surface area contributed by atoms with Gasteiger partial charge in [0.15, 0.2) is 0 Å². The summed E-state index contributed by atoms with van der Waals surface area (Å²) in [5, 5.41) is 9.28. The summed E-state index contributed by atoms with van der Waals surface area (Å²) in [6.45, 7) is 0. The van der Waals surface area contributed by atoms with Crippen molar-refractivity contribution in [1.29, 1.82) is 0 Å². The Kier molecular flexibility index (Phi) is 3.75. The predicted octanol–water partition coefficient (Wildman–Crippen LogP) is 3.29. The lowest BCUT2D eigenvalue weighted by molar-refractivity contribution is 0.0841. The van der Waals surface area contributed by atoms with Crippen LogP contribution >= 0.6 is 0 Å². The van der Waals surface area contributed by atoms with Gasteiger partial charge in [-0.05, 0) is 24.3 Å². The highest BCUT2D eigenvalue weighted by Gasteiger charge is 2.24. The molecule has 82 valence electrons. The molecule has 1 aromatic carbocycles. The monoisotopic (exact) mass is 205 g/mol. The number of nitrogens with one attached hydrogen (secondary N) is 1. The minimum atomic E-state index is 0.117. The summed E-state index contributed by atoms with van der Waals surface area (Å²) in [6.07, 6.45) is 6.41. The Morgan fingerprint density at radius 1 is 1.07 bits per heavy atom. The molecule has 1 saturated carbocycles. The second-order valence-electron chi connectivity index (χ2n) is 4.42. The molecule has 1 aliphatic rings. The van der Waals surface area contributed by atoms with Crippen LogP contribution in [0.5, 0.6) is 0 Å². The first-order valence-corrected chi connectivity index (χ1v) is 5.86. The molecule has 0 radical (unpaired) electrons. The zero-order chi connectivity index (χ0) is 10.5. The summed E-state index contributed by atoms with van der Waals surface area (Å²) in [6, 6.07) is 10.4. The standard InChI is InChI=1S/C13H19NO/c15-14-13(11-7-3-1-4-8-11)12-9-5-2-6-10-12/h1,3-4,7-8,12-15H,2,5-6,9-10H2. The molecule has 2 N–H and O–H groups in total. The van der Waals surface area contributed by atoms with Crippen LogP contribution in [0.2, 0.25) is 0 Å². The summed E-state index contributed by atoms with van der Waals surface area (Å²) in [5.74, 6) is 0.589. The molecule has 0 amide bonds. The van der Waals surface area contributed by atoms with E-state index < -0.39 is 0 Å². The first-order chi connectivity index (χ1) is 7.42. The largest absolute Gasteiger partial charge is 0.316 e. The Balaban J connectivity index is 2.09. The quantitative estimate of drug-likeness (QED) is 0.742. The molecule has 1 aliphatic carbocycles. The number of rotatable bonds is 3. The summed E-state index contributed by atoms with van der Waals surface area (Å²) < 4.78 is 0. The smallest absolute Gasteiger partial charge is 0.0597 e. The normalized spacial score (nSPS) is 20.1. The number of hydrogen-bond donors (Lipinski definition) is 2. The third-order valence-electron chi connectivity index (χ3n) is 3.42. The van der Waals surface area contributed by atoms with Crippen LogP contribution in [-0.2, 0) is 0 Å². The topological polar surface area (TPSA) is 32.3 Å². The van der Waals surface area contributed by atoms with E-state index >= 15 is 0 Å². The van der Waals surface area contributed by atoms with Gasteiger partial charge in [-0.2, -0.15) is 5.48 Å². The first kappa shape index (κ1) is 10.7. The Morgan fingerprint density at radius 3 is 2.33 bits per heavy atom. The van der Waals surface area contributed by atoms with Gasteiger partial charge >= 0.3 is 0 Å². The molecule has 2 rings (SSSR count). The molecule has 1 atom stereocenters. The SMILES string of the molecule is ONC(c1ccccc1)C1CCCCC1. The number of hydrogen-bond acceptors (Lipinski definition) is 2. The van der Waals surface area contributed by atoms with Crippen LogP contribution in [0, 0.1) is 5.92 Å². The minimum absolute atomic E-state index is 0.117. The van der Waals surface area contributed by atoms with Gasteiger partial charge in [-0.1, -0.05) is 49.6 Å². The summed E-state index contributed by atoms with van der Waals surface area (Å²) in [7, 11) is 0.